The van der Waals surface area contributed by atoms with E-state index in [9.17, 15) is 14.4 Å². The third-order valence-corrected chi connectivity index (χ3v) is 4.26. The van der Waals surface area contributed by atoms with Crippen molar-refractivity contribution < 1.29 is 19.1 Å². The molecule has 1 atom stereocenters. The molecule has 2 heterocycles. The molecule has 122 valence electrons. The van der Waals surface area contributed by atoms with E-state index in [-0.39, 0.29) is 24.1 Å². The van der Waals surface area contributed by atoms with Crippen molar-refractivity contribution in [2.75, 3.05) is 6.61 Å². The summed E-state index contributed by atoms with van der Waals surface area (Å²) in [5, 5.41) is 2.30. The molecule has 2 aliphatic heterocycles. The van der Waals surface area contributed by atoms with Gasteiger partial charge in [-0.25, -0.2) is 0 Å². The zero-order chi connectivity index (χ0) is 16.4. The summed E-state index contributed by atoms with van der Waals surface area (Å²) in [6, 6.07) is 4.84. The molecule has 0 aliphatic carbocycles. The van der Waals surface area contributed by atoms with E-state index in [0.717, 1.165) is 24.2 Å². The van der Waals surface area contributed by atoms with Crippen LogP contribution in [0.1, 0.15) is 48.5 Å². The fraction of sp³-hybridized carbons (Fsp3) is 0.471. The topological polar surface area (TPSA) is 75.7 Å². The van der Waals surface area contributed by atoms with Gasteiger partial charge in [0.1, 0.15) is 11.8 Å². The monoisotopic (exact) mass is 316 g/mol. The second-order valence-corrected chi connectivity index (χ2v) is 5.92. The van der Waals surface area contributed by atoms with Gasteiger partial charge < -0.3 is 9.64 Å². The summed E-state index contributed by atoms with van der Waals surface area (Å²) in [5.74, 6) is -0.0754. The van der Waals surface area contributed by atoms with Crippen molar-refractivity contribution in [1.29, 1.82) is 0 Å². The molecule has 23 heavy (non-hydrogen) atoms. The predicted octanol–water partition coefficient (Wildman–Crippen LogP) is 1.63. The molecule has 0 saturated carbocycles. The van der Waals surface area contributed by atoms with Gasteiger partial charge in [-0.2, -0.15) is 0 Å². The summed E-state index contributed by atoms with van der Waals surface area (Å²) in [6.45, 7) is 3.13. The maximum Gasteiger partial charge on any atom is 0.255 e. The summed E-state index contributed by atoms with van der Waals surface area (Å²) in [4.78, 5) is 37.3. The Kier molecular flexibility index (Phi) is 4.32. The molecule has 3 amide bonds. The van der Waals surface area contributed by atoms with Crippen molar-refractivity contribution in [2.24, 2.45) is 0 Å². The van der Waals surface area contributed by atoms with E-state index >= 15 is 0 Å². The Morgan fingerprint density at radius 1 is 1.30 bits per heavy atom. The molecule has 0 radical (unpaired) electrons. The first-order valence-corrected chi connectivity index (χ1v) is 8.00. The summed E-state index contributed by atoms with van der Waals surface area (Å²) in [5.41, 5.74) is 1.48. The maximum absolute atomic E-state index is 12.5. The molecule has 2 aliphatic rings. The minimum Gasteiger partial charge on any atom is -0.494 e. The molecule has 0 aromatic heterocycles. The van der Waals surface area contributed by atoms with Gasteiger partial charge in [0, 0.05) is 18.5 Å². The van der Waals surface area contributed by atoms with Crippen molar-refractivity contribution >= 4 is 17.7 Å². The number of hydrogen-bond acceptors (Lipinski definition) is 4. The highest BCUT2D eigenvalue weighted by molar-refractivity contribution is 6.05. The van der Waals surface area contributed by atoms with Crippen LogP contribution in [0.15, 0.2) is 18.2 Å². The average molecular weight is 316 g/mol. The van der Waals surface area contributed by atoms with E-state index in [0.29, 0.717) is 25.1 Å². The third-order valence-electron chi connectivity index (χ3n) is 4.26. The molecule has 0 bridgehead atoms. The number of fused-ring (bicyclic) bond motifs is 1. The van der Waals surface area contributed by atoms with Gasteiger partial charge in [0.2, 0.25) is 11.8 Å². The van der Waals surface area contributed by atoms with Crippen molar-refractivity contribution in [1.82, 2.24) is 10.2 Å². The van der Waals surface area contributed by atoms with Crippen LogP contribution in [0.5, 0.6) is 5.75 Å². The summed E-state index contributed by atoms with van der Waals surface area (Å²) in [7, 11) is 0. The van der Waals surface area contributed by atoms with E-state index in [1.807, 2.05) is 6.07 Å². The minimum atomic E-state index is -0.572. The van der Waals surface area contributed by atoms with Crippen molar-refractivity contribution in [3.63, 3.8) is 0 Å². The van der Waals surface area contributed by atoms with E-state index in [1.54, 1.807) is 17.0 Å². The number of nitrogens with zero attached hydrogens (tertiary/aromatic N) is 1. The van der Waals surface area contributed by atoms with Crippen LogP contribution in [0.3, 0.4) is 0 Å². The lowest BCUT2D eigenvalue weighted by molar-refractivity contribution is -0.136. The van der Waals surface area contributed by atoms with Crippen LogP contribution in [0.2, 0.25) is 0 Å². The number of rotatable bonds is 5. The number of piperidine rings is 1. The number of amides is 3. The van der Waals surface area contributed by atoms with E-state index < -0.39 is 6.04 Å². The third kappa shape index (κ3) is 3.06. The second kappa shape index (κ2) is 6.40. The van der Waals surface area contributed by atoms with Gasteiger partial charge in [0.25, 0.3) is 5.91 Å². The normalized spacial score (nSPS) is 20.5. The predicted molar refractivity (Wildman–Crippen MR) is 82.9 cm³/mol. The van der Waals surface area contributed by atoms with Crippen LogP contribution < -0.4 is 10.1 Å². The number of hydrogen-bond donors (Lipinski definition) is 1. The quantitative estimate of drug-likeness (QED) is 0.662. The number of imide groups is 1. The van der Waals surface area contributed by atoms with Gasteiger partial charge >= 0.3 is 0 Å². The van der Waals surface area contributed by atoms with Gasteiger partial charge in [0.15, 0.2) is 0 Å². The van der Waals surface area contributed by atoms with Crippen molar-refractivity contribution in [2.45, 2.75) is 45.2 Å². The van der Waals surface area contributed by atoms with Gasteiger partial charge in [-0.3, -0.25) is 19.7 Å². The van der Waals surface area contributed by atoms with E-state index in [2.05, 4.69) is 12.2 Å². The lowest BCUT2D eigenvalue weighted by Gasteiger charge is -2.29. The summed E-state index contributed by atoms with van der Waals surface area (Å²) < 4.78 is 5.67. The Labute approximate surface area is 134 Å². The fourth-order valence-electron chi connectivity index (χ4n) is 2.97. The SMILES string of the molecule is CCCCOc1ccc2c(c1)CN(C1CCC(=O)NC1=O)C2=O. The lowest BCUT2D eigenvalue weighted by atomic mass is 10.0. The molecule has 1 aromatic carbocycles. The Morgan fingerprint density at radius 2 is 2.13 bits per heavy atom. The number of benzene rings is 1. The summed E-state index contributed by atoms with van der Waals surface area (Å²) >= 11 is 0. The number of ether oxygens (including phenoxy) is 1. The molecule has 0 spiro atoms. The van der Waals surface area contributed by atoms with Crippen LogP contribution in [0.4, 0.5) is 0 Å². The molecular formula is C17H20N2O4. The Morgan fingerprint density at radius 3 is 2.87 bits per heavy atom. The number of nitrogens with one attached hydrogen (secondary N) is 1. The highest BCUT2D eigenvalue weighted by atomic mass is 16.5. The Bertz CT molecular complexity index is 656. The van der Waals surface area contributed by atoms with Crippen LogP contribution in [-0.4, -0.2) is 35.3 Å². The number of unbranched alkanes of at least 4 members (excludes halogenated alkanes) is 1. The van der Waals surface area contributed by atoms with Crippen LogP contribution >= 0.6 is 0 Å². The highest BCUT2D eigenvalue weighted by Gasteiger charge is 2.39. The number of carbonyl (C=O) groups excluding carboxylic acids is 3. The highest BCUT2D eigenvalue weighted by Crippen LogP contribution is 2.30. The minimum absolute atomic E-state index is 0.158. The average Bonchev–Trinajstić information content (AvgIpc) is 2.84. The van der Waals surface area contributed by atoms with Gasteiger partial charge in [-0.1, -0.05) is 13.3 Å². The Hall–Kier alpha value is -2.37. The first-order valence-electron chi connectivity index (χ1n) is 8.00. The summed E-state index contributed by atoms with van der Waals surface area (Å²) in [6.07, 6.45) is 2.69. The first kappa shape index (κ1) is 15.5. The molecule has 1 unspecified atom stereocenters. The molecular weight excluding hydrogens is 296 g/mol. The Balaban J connectivity index is 1.73. The second-order valence-electron chi connectivity index (χ2n) is 5.92. The molecule has 1 fully saturated rings. The van der Waals surface area contributed by atoms with Crippen LogP contribution in [0.25, 0.3) is 0 Å². The van der Waals surface area contributed by atoms with Crippen LogP contribution in [0, 0.1) is 0 Å². The molecule has 1 saturated heterocycles. The van der Waals surface area contributed by atoms with Gasteiger partial charge in [0.05, 0.1) is 6.61 Å². The fourth-order valence-corrected chi connectivity index (χ4v) is 2.97. The van der Waals surface area contributed by atoms with Crippen molar-refractivity contribution in [3.05, 3.63) is 29.3 Å². The number of carbonyl (C=O) groups is 3. The van der Waals surface area contributed by atoms with E-state index in [4.69, 9.17) is 4.74 Å². The molecule has 6 heteroatoms. The standard InChI is InChI=1S/C17H20N2O4/c1-2-3-8-23-12-4-5-13-11(9-12)10-19(17(13)22)14-6-7-15(20)18-16(14)21/h4-5,9,14H,2-3,6-8,10H2,1H3,(H,18,20,21). The van der Waals surface area contributed by atoms with Crippen LogP contribution in [-0.2, 0) is 16.1 Å². The molecule has 1 N–H and O–H groups in total. The zero-order valence-electron chi connectivity index (χ0n) is 13.1. The molecule has 3 rings (SSSR count). The zero-order valence-corrected chi connectivity index (χ0v) is 13.1. The van der Waals surface area contributed by atoms with Crippen molar-refractivity contribution in [3.8, 4) is 5.75 Å². The van der Waals surface area contributed by atoms with Gasteiger partial charge in [-0.05, 0) is 36.6 Å². The van der Waals surface area contributed by atoms with E-state index in [1.165, 1.54) is 0 Å². The lowest BCUT2D eigenvalue weighted by Crippen LogP contribution is -2.52. The largest absolute Gasteiger partial charge is 0.494 e. The molecule has 1 aromatic rings. The smallest absolute Gasteiger partial charge is 0.255 e. The van der Waals surface area contributed by atoms with Gasteiger partial charge in [-0.15, -0.1) is 0 Å². The molecule has 6 nitrogen and oxygen atoms in total. The first-order chi connectivity index (χ1) is 11.1. The maximum atomic E-state index is 12.5.